The van der Waals surface area contributed by atoms with E-state index >= 15 is 0 Å². The minimum Gasteiger partial charge on any atom is -0.348 e. The number of amides is 2. The molecule has 3 aliphatic rings. The molecule has 0 bridgehead atoms. The molecule has 144 valence electrons. The van der Waals surface area contributed by atoms with Crippen LogP contribution in [0.4, 0.5) is 0 Å². The summed E-state index contributed by atoms with van der Waals surface area (Å²) >= 11 is 0. The quantitative estimate of drug-likeness (QED) is 0.806. The highest BCUT2D eigenvalue weighted by Gasteiger charge is 2.59. The van der Waals surface area contributed by atoms with Gasteiger partial charge >= 0.3 is 0 Å². The van der Waals surface area contributed by atoms with Crippen LogP contribution in [0.2, 0.25) is 0 Å². The van der Waals surface area contributed by atoms with Crippen LogP contribution >= 0.6 is 0 Å². The van der Waals surface area contributed by atoms with Gasteiger partial charge < -0.3 is 19.3 Å². The summed E-state index contributed by atoms with van der Waals surface area (Å²) in [5, 5.41) is 0. The molecule has 0 saturated carbocycles. The van der Waals surface area contributed by atoms with Crippen molar-refractivity contribution in [1.29, 1.82) is 0 Å². The van der Waals surface area contributed by atoms with Crippen molar-refractivity contribution in [2.45, 2.75) is 24.3 Å². The van der Waals surface area contributed by atoms with Gasteiger partial charge in [-0.3, -0.25) is 9.59 Å². The first-order valence-electron chi connectivity index (χ1n) is 9.66. The van der Waals surface area contributed by atoms with Crippen molar-refractivity contribution in [1.82, 2.24) is 9.80 Å². The van der Waals surface area contributed by atoms with Crippen LogP contribution < -0.4 is 0 Å². The largest absolute Gasteiger partial charge is 0.348 e. The molecule has 0 N–H and O–H groups in total. The number of hydrogen-bond donors (Lipinski definition) is 0. The van der Waals surface area contributed by atoms with Gasteiger partial charge in [-0.25, -0.2) is 0 Å². The van der Waals surface area contributed by atoms with E-state index in [1.165, 1.54) is 0 Å². The van der Waals surface area contributed by atoms with E-state index in [1.54, 1.807) is 9.80 Å². The van der Waals surface area contributed by atoms with E-state index in [2.05, 4.69) is 0 Å². The Kier molecular flexibility index (Phi) is 4.00. The molecule has 2 aromatic rings. The Labute approximate surface area is 163 Å². The standard InChI is InChI=1S/C22H22N2O4/c25-19(17-7-3-1-4-8-17)23-13-11-21(23)15-28-22(16-27-21)12-14-24(22)20(26)18-9-5-2-6-10-18/h1-10H,11-16H2. The molecule has 3 heterocycles. The van der Waals surface area contributed by atoms with Crippen LogP contribution in [0.5, 0.6) is 0 Å². The summed E-state index contributed by atoms with van der Waals surface area (Å²) < 4.78 is 12.4. The first-order chi connectivity index (χ1) is 13.6. The van der Waals surface area contributed by atoms with E-state index in [0.717, 1.165) is 12.8 Å². The average molecular weight is 378 g/mol. The van der Waals surface area contributed by atoms with E-state index in [-0.39, 0.29) is 25.0 Å². The van der Waals surface area contributed by atoms with Crippen molar-refractivity contribution in [3.8, 4) is 0 Å². The van der Waals surface area contributed by atoms with E-state index in [1.807, 2.05) is 60.7 Å². The van der Waals surface area contributed by atoms with E-state index in [0.29, 0.717) is 24.2 Å². The number of carbonyl (C=O) groups is 2. The van der Waals surface area contributed by atoms with Crippen molar-refractivity contribution < 1.29 is 19.1 Å². The third kappa shape index (κ3) is 2.56. The molecule has 28 heavy (non-hydrogen) atoms. The fourth-order valence-corrected chi connectivity index (χ4v) is 4.17. The molecule has 0 aromatic heterocycles. The van der Waals surface area contributed by atoms with Crippen LogP contribution in [-0.4, -0.2) is 59.4 Å². The van der Waals surface area contributed by atoms with Gasteiger partial charge in [0.05, 0.1) is 13.2 Å². The second-order valence-electron chi connectivity index (χ2n) is 7.62. The van der Waals surface area contributed by atoms with Crippen LogP contribution in [0.15, 0.2) is 60.7 Å². The second-order valence-corrected chi connectivity index (χ2v) is 7.62. The van der Waals surface area contributed by atoms with Crippen LogP contribution in [-0.2, 0) is 9.47 Å². The lowest BCUT2D eigenvalue weighted by molar-refractivity contribution is -0.351. The Morgan fingerprint density at radius 2 is 1.07 bits per heavy atom. The summed E-state index contributed by atoms with van der Waals surface area (Å²) in [5.41, 5.74) is -0.130. The lowest BCUT2D eigenvalue weighted by atomic mass is 9.91. The first-order valence-corrected chi connectivity index (χ1v) is 9.66. The summed E-state index contributed by atoms with van der Waals surface area (Å²) in [5.74, 6) is -0.0885. The Bertz CT molecular complexity index is 816. The molecule has 3 aliphatic heterocycles. The zero-order chi connectivity index (χ0) is 19.2. The molecule has 2 atom stereocenters. The molecule has 6 nitrogen and oxygen atoms in total. The Morgan fingerprint density at radius 3 is 1.36 bits per heavy atom. The zero-order valence-electron chi connectivity index (χ0n) is 15.5. The number of likely N-dealkylation sites (tertiary alicyclic amines) is 2. The number of rotatable bonds is 2. The highest BCUT2D eigenvalue weighted by molar-refractivity contribution is 5.96. The molecule has 2 unspecified atom stereocenters. The average Bonchev–Trinajstić information content (AvgIpc) is 2.73. The maximum absolute atomic E-state index is 12.8. The Balaban J connectivity index is 1.29. The van der Waals surface area contributed by atoms with E-state index < -0.39 is 11.4 Å². The van der Waals surface area contributed by atoms with Crippen molar-refractivity contribution in [3.05, 3.63) is 71.8 Å². The van der Waals surface area contributed by atoms with E-state index in [4.69, 9.17) is 9.47 Å². The maximum Gasteiger partial charge on any atom is 0.256 e. The third-order valence-corrected chi connectivity index (χ3v) is 6.10. The highest BCUT2D eigenvalue weighted by atomic mass is 16.6. The SMILES string of the molecule is O=C(c1ccccc1)N1CCC12COC1(CCN1C(=O)c1ccccc1)CO2. The van der Waals surface area contributed by atoms with Crippen molar-refractivity contribution in [3.63, 3.8) is 0 Å². The lowest BCUT2D eigenvalue weighted by Gasteiger charge is -2.61. The highest BCUT2D eigenvalue weighted by Crippen LogP contribution is 2.44. The monoisotopic (exact) mass is 378 g/mol. The number of hydrogen-bond acceptors (Lipinski definition) is 4. The molecule has 2 spiro atoms. The van der Waals surface area contributed by atoms with Crippen LogP contribution in [0.25, 0.3) is 0 Å². The predicted octanol–water partition coefficient (Wildman–Crippen LogP) is 2.52. The fraction of sp³-hybridized carbons (Fsp3) is 0.364. The van der Waals surface area contributed by atoms with E-state index in [9.17, 15) is 9.59 Å². The molecule has 5 rings (SSSR count). The number of benzene rings is 2. The minimum absolute atomic E-state index is 0.0442. The summed E-state index contributed by atoms with van der Waals surface area (Å²) in [7, 11) is 0. The van der Waals surface area contributed by atoms with Gasteiger partial charge in [0, 0.05) is 37.1 Å². The van der Waals surface area contributed by atoms with Crippen molar-refractivity contribution >= 4 is 11.8 Å². The normalized spacial score (nSPS) is 28.7. The lowest BCUT2D eigenvalue weighted by Crippen LogP contribution is -2.76. The number of ether oxygens (including phenoxy) is 2. The smallest absolute Gasteiger partial charge is 0.256 e. The van der Waals surface area contributed by atoms with Gasteiger partial charge in [-0.1, -0.05) is 36.4 Å². The Hall–Kier alpha value is -2.70. The van der Waals surface area contributed by atoms with Crippen LogP contribution in [0.1, 0.15) is 33.6 Å². The first kappa shape index (κ1) is 17.4. The topological polar surface area (TPSA) is 59.1 Å². The summed E-state index contributed by atoms with van der Waals surface area (Å²) in [6.45, 7) is 1.86. The van der Waals surface area contributed by atoms with Gasteiger partial charge in [-0.2, -0.15) is 0 Å². The van der Waals surface area contributed by atoms with Gasteiger partial charge in [0.2, 0.25) is 0 Å². The summed E-state index contributed by atoms with van der Waals surface area (Å²) in [4.78, 5) is 29.2. The molecule has 2 aromatic carbocycles. The molecule has 6 heteroatoms. The minimum atomic E-state index is -0.713. The number of carbonyl (C=O) groups excluding carboxylic acids is 2. The fourth-order valence-electron chi connectivity index (χ4n) is 4.17. The predicted molar refractivity (Wildman–Crippen MR) is 102 cm³/mol. The van der Waals surface area contributed by atoms with Crippen LogP contribution in [0.3, 0.4) is 0 Å². The second kappa shape index (κ2) is 6.43. The van der Waals surface area contributed by atoms with Gasteiger partial charge in [0.1, 0.15) is 0 Å². The molecule has 3 fully saturated rings. The van der Waals surface area contributed by atoms with Gasteiger partial charge in [-0.05, 0) is 24.3 Å². The number of nitrogens with zero attached hydrogens (tertiary/aromatic N) is 2. The zero-order valence-corrected chi connectivity index (χ0v) is 15.5. The maximum atomic E-state index is 12.8. The molecule has 3 saturated heterocycles. The van der Waals surface area contributed by atoms with Gasteiger partial charge in [0.15, 0.2) is 11.4 Å². The third-order valence-electron chi connectivity index (χ3n) is 6.10. The molecular formula is C22H22N2O4. The van der Waals surface area contributed by atoms with Gasteiger partial charge in [-0.15, -0.1) is 0 Å². The molecule has 2 amide bonds. The molecule has 0 radical (unpaired) electrons. The van der Waals surface area contributed by atoms with Gasteiger partial charge in [0.25, 0.3) is 11.8 Å². The molecular weight excluding hydrogens is 356 g/mol. The Morgan fingerprint density at radius 1 is 0.679 bits per heavy atom. The summed E-state index contributed by atoms with van der Waals surface area (Å²) in [6, 6.07) is 18.4. The van der Waals surface area contributed by atoms with Crippen LogP contribution in [0, 0.1) is 0 Å². The van der Waals surface area contributed by atoms with Crippen molar-refractivity contribution in [2.75, 3.05) is 26.3 Å². The summed E-state index contributed by atoms with van der Waals surface area (Å²) in [6.07, 6.45) is 1.49. The van der Waals surface area contributed by atoms with Crippen molar-refractivity contribution in [2.24, 2.45) is 0 Å². The molecule has 0 aliphatic carbocycles.